The molecule has 0 aromatic heterocycles. The van der Waals surface area contributed by atoms with Gasteiger partial charge in [-0.3, -0.25) is 4.90 Å². The van der Waals surface area contributed by atoms with Gasteiger partial charge in [-0.05, 0) is 0 Å². The van der Waals surface area contributed by atoms with E-state index in [2.05, 4.69) is 10.2 Å². The molecule has 2 N–H and O–H groups in total. The normalized spacial score (nSPS) is 19.4. The van der Waals surface area contributed by atoms with Crippen molar-refractivity contribution in [1.29, 1.82) is 0 Å². The molecule has 0 bridgehead atoms. The van der Waals surface area contributed by atoms with Gasteiger partial charge in [-0.1, -0.05) is 0 Å². The number of aromatic hydroxyl groups is 1. The van der Waals surface area contributed by atoms with Crippen molar-refractivity contribution in [2.24, 2.45) is 0 Å². The SMILES string of the molecule is Oc1cc2c(c(CN3CCNCC3)c1F)OCCO2. The monoisotopic (exact) mass is 268 g/mol. The number of piperazine rings is 1. The fourth-order valence-corrected chi connectivity index (χ4v) is 2.45. The molecule has 1 fully saturated rings. The van der Waals surface area contributed by atoms with Crippen molar-refractivity contribution in [2.45, 2.75) is 6.54 Å². The molecular weight excluding hydrogens is 251 g/mol. The number of nitrogens with zero attached hydrogens (tertiary/aromatic N) is 1. The topological polar surface area (TPSA) is 54.0 Å². The van der Waals surface area contributed by atoms with Crippen LogP contribution in [0.3, 0.4) is 0 Å². The molecule has 0 radical (unpaired) electrons. The standard InChI is InChI=1S/C13H17FN2O3/c14-12-9(8-16-3-1-15-2-4-16)13-11(7-10(12)17)18-5-6-19-13/h7,15,17H,1-6,8H2. The number of halogens is 1. The average molecular weight is 268 g/mol. The molecule has 1 aromatic carbocycles. The van der Waals surface area contributed by atoms with Gasteiger partial charge in [0.15, 0.2) is 23.1 Å². The predicted molar refractivity (Wildman–Crippen MR) is 67.2 cm³/mol. The van der Waals surface area contributed by atoms with E-state index in [1.54, 1.807) is 0 Å². The van der Waals surface area contributed by atoms with Gasteiger partial charge in [0.25, 0.3) is 0 Å². The Morgan fingerprint density at radius 3 is 2.79 bits per heavy atom. The van der Waals surface area contributed by atoms with Crippen LogP contribution in [0.5, 0.6) is 17.2 Å². The van der Waals surface area contributed by atoms with Crippen LogP contribution in [0.1, 0.15) is 5.56 Å². The number of rotatable bonds is 2. The van der Waals surface area contributed by atoms with Crippen LogP contribution in [0.4, 0.5) is 4.39 Å². The maximum Gasteiger partial charge on any atom is 0.173 e. The van der Waals surface area contributed by atoms with Crippen molar-refractivity contribution in [1.82, 2.24) is 10.2 Å². The molecule has 2 heterocycles. The lowest BCUT2D eigenvalue weighted by molar-refractivity contribution is 0.162. The van der Waals surface area contributed by atoms with Crippen LogP contribution in [-0.2, 0) is 6.54 Å². The average Bonchev–Trinajstić information content (AvgIpc) is 2.45. The summed E-state index contributed by atoms with van der Waals surface area (Å²) in [7, 11) is 0. The van der Waals surface area contributed by atoms with Gasteiger partial charge < -0.3 is 19.9 Å². The van der Waals surface area contributed by atoms with Crippen LogP contribution >= 0.6 is 0 Å². The summed E-state index contributed by atoms with van der Waals surface area (Å²) in [5, 5.41) is 12.9. The lowest BCUT2D eigenvalue weighted by Crippen LogP contribution is -2.43. The van der Waals surface area contributed by atoms with Crippen molar-refractivity contribution in [3.05, 3.63) is 17.4 Å². The summed E-state index contributed by atoms with van der Waals surface area (Å²) in [6, 6.07) is 1.28. The number of hydrogen-bond donors (Lipinski definition) is 2. The number of benzene rings is 1. The van der Waals surface area contributed by atoms with Gasteiger partial charge in [-0.15, -0.1) is 0 Å². The zero-order valence-electron chi connectivity index (χ0n) is 10.6. The van der Waals surface area contributed by atoms with E-state index in [4.69, 9.17) is 9.47 Å². The Hall–Kier alpha value is -1.53. The molecule has 3 rings (SSSR count). The van der Waals surface area contributed by atoms with Gasteiger partial charge >= 0.3 is 0 Å². The molecule has 5 nitrogen and oxygen atoms in total. The Bertz CT molecular complexity index is 475. The van der Waals surface area contributed by atoms with Gasteiger partial charge in [-0.25, -0.2) is 4.39 Å². The third-order valence-corrected chi connectivity index (χ3v) is 3.43. The molecule has 0 atom stereocenters. The predicted octanol–water partition coefficient (Wildman–Crippen LogP) is 0.708. The third kappa shape index (κ3) is 2.46. The van der Waals surface area contributed by atoms with E-state index in [9.17, 15) is 9.50 Å². The maximum absolute atomic E-state index is 14.1. The Kier molecular flexibility index (Phi) is 3.44. The number of nitrogens with one attached hydrogen (secondary N) is 1. The highest BCUT2D eigenvalue weighted by atomic mass is 19.1. The minimum Gasteiger partial charge on any atom is -0.505 e. The van der Waals surface area contributed by atoms with Crippen LogP contribution in [0.25, 0.3) is 0 Å². The molecule has 0 saturated carbocycles. The summed E-state index contributed by atoms with van der Waals surface area (Å²) < 4.78 is 25.0. The summed E-state index contributed by atoms with van der Waals surface area (Å²) in [6.45, 7) is 4.74. The van der Waals surface area contributed by atoms with E-state index < -0.39 is 5.82 Å². The number of phenolic OH excluding ortho intramolecular Hbond substituents is 1. The first-order valence-corrected chi connectivity index (χ1v) is 6.48. The first-order chi connectivity index (χ1) is 9.25. The molecule has 2 aliphatic rings. The Labute approximate surface area is 110 Å². The van der Waals surface area contributed by atoms with Crippen molar-refractivity contribution in [2.75, 3.05) is 39.4 Å². The minimum atomic E-state index is -0.609. The zero-order chi connectivity index (χ0) is 13.2. The minimum absolute atomic E-state index is 0.380. The summed E-state index contributed by atoms with van der Waals surface area (Å²) in [5.41, 5.74) is 0.386. The number of fused-ring (bicyclic) bond motifs is 1. The Morgan fingerprint density at radius 1 is 1.26 bits per heavy atom. The smallest absolute Gasteiger partial charge is 0.173 e. The molecule has 0 spiro atoms. The second kappa shape index (κ2) is 5.22. The molecule has 0 aliphatic carbocycles. The highest BCUT2D eigenvalue weighted by Crippen LogP contribution is 2.40. The third-order valence-electron chi connectivity index (χ3n) is 3.43. The van der Waals surface area contributed by atoms with Crippen LogP contribution < -0.4 is 14.8 Å². The van der Waals surface area contributed by atoms with Gasteiger partial charge in [0.05, 0.1) is 5.56 Å². The van der Waals surface area contributed by atoms with E-state index in [1.807, 2.05) is 0 Å². The molecule has 6 heteroatoms. The molecule has 1 aromatic rings. The Balaban J connectivity index is 1.91. The van der Waals surface area contributed by atoms with Gasteiger partial charge in [0, 0.05) is 38.8 Å². The van der Waals surface area contributed by atoms with E-state index in [0.29, 0.717) is 36.8 Å². The van der Waals surface area contributed by atoms with Crippen molar-refractivity contribution >= 4 is 0 Å². The lowest BCUT2D eigenvalue weighted by Gasteiger charge is -2.29. The molecule has 1 saturated heterocycles. The summed E-state index contributed by atoms with van der Waals surface area (Å²) in [4.78, 5) is 2.13. The first kappa shape index (κ1) is 12.5. The van der Waals surface area contributed by atoms with E-state index >= 15 is 0 Å². The largest absolute Gasteiger partial charge is 0.505 e. The fraction of sp³-hybridized carbons (Fsp3) is 0.538. The first-order valence-electron chi connectivity index (χ1n) is 6.48. The second-order valence-corrected chi connectivity index (χ2v) is 4.74. The fourth-order valence-electron chi connectivity index (χ4n) is 2.45. The van der Waals surface area contributed by atoms with Crippen LogP contribution in [0, 0.1) is 5.82 Å². The summed E-state index contributed by atoms with van der Waals surface area (Å²) in [5.74, 6) is -0.132. The van der Waals surface area contributed by atoms with Gasteiger partial charge in [-0.2, -0.15) is 0 Å². The van der Waals surface area contributed by atoms with Crippen LogP contribution in [-0.4, -0.2) is 49.4 Å². The number of ether oxygens (including phenoxy) is 2. The van der Waals surface area contributed by atoms with Crippen molar-refractivity contribution in [3.8, 4) is 17.2 Å². The summed E-state index contributed by atoms with van der Waals surface area (Å²) >= 11 is 0. The molecule has 104 valence electrons. The number of hydrogen-bond acceptors (Lipinski definition) is 5. The second-order valence-electron chi connectivity index (χ2n) is 4.74. The number of phenols is 1. The van der Waals surface area contributed by atoms with Gasteiger partial charge in [0.2, 0.25) is 0 Å². The molecule has 19 heavy (non-hydrogen) atoms. The van der Waals surface area contributed by atoms with Crippen LogP contribution in [0.15, 0.2) is 6.07 Å². The highest BCUT2D eigenvalue weighted by Gasteiger charge is 2.25. The Morgan fingerprint density at radius 2 is 2.00 bits per heavy atom. The van der Waals surface area contributed by atoms with Gasteiger partial charge in [0.1, 0.15) is 13.2 Å². The lowest BCUT2D eigenvalue weighted by atomic mass is 10.1. The molecule has 2 aliphatic heterocycles. The molecular formula is C13H17FN2O3. The maximum atomic E-state index is 14.1. The molecule has 0 unspecified atom stereocenters. The summed E-state index contributed by atoms with van der Waals surface area (Å²) in [6.07, 6.45) is 0. The van der Waals surface area contributed by atoms with Crippen molar-refractivity contribution in [3.63, 3.8) is 0 Å². The molecule has 0 amide bonds. The van der Waals surface area contributed by atoms with Crippen LogP contribution in [0.2, 0.25) is 0 Å². The highest BCUT2D eigenvalue weighted by molar-refractivity contribution is 5.53. The van der Waals surface area contributed by atoms with E-state index in [1.165, 1.54) is 6.07 Å². The van der Waals surface area contributed by atoms with E-state index in [-0.39, 0.29) is 5.75 Å². The van der Waals surface area contributed by atoms with Crippen molar-refractivity contribution < 1.29 is 19.0 Å². The van der Waals surface area contributed by atoms with E-state index in [0.717, 1.165) is 26.2 Å². The quantitative estimate of drug-likeness (QED) is 0.827. The zero-order valence-corrected chi connectivity index (χ0v) is 10.6.